The Balaban J connectivity index is 2.79. The maximum absolute atomic E-state index is 12.2. The van der Waals surface area contributed by atoms with Gasteiger partial charge in [-0.1, -0.05) is 20.8 Å². The third kappa shape index (κ3) is 2.95. The smallest absolute Gasteiger partial charge is 0.225 e. The number of nitrogens with zero attached hydrogens (tertiary/aromatic N) is 1. The predicted molar refractivity (Wildman–Crippen MR) is 63.8 cm³/mol. The SMILES string of the molecule is CC(C)(C)CC(=O)N1C(CN)COC1(C)C. The summed E-state index contributed by atoms with van der Waals surface area (Å²) >= 11 is 0. The summed E-state index contributed by atoms with van der Waals surface area (Å²) in [4.78, 5) is 14.0. The first-order valence-corrected chi connectivity index (χ1v) is 5.83. The maximum atomic E-state index is 12.2. The summed E-state index contributed by atoms with van der Waals surface area (Å²) in [5, 5.41) is 0. The Hall–Kier alpha value is -0.610. The molecule has 1 fully saturated rings. The summed E-state index contributed by atoms with van der Waals surface area (Å²) in [5.74, 6) is 0.130. The molecular weight excluding hydrogens is 204 g/mol. The Bertz CT molecular complexity index is 269. The summed E-state index contributed by atoms with van der Waals surface area (Å²) in [7, 11) is 0. The predicted octanol–water partition coefficient (Wildman–Crippen LogP) is 1.34. The lowest BCUT2D eigenvalue weighted by Gasteiger charge is -2.35. The van der Waals surface area contributed by atoms with Crippen LogP contribution in [0.25, 0.3) is 0 Å². The number of amides is 1. The van der Waals surface area contributed by atoms with Gasteiger partial charge in [-0.05, 0) is 19.3 Å². The highest BCUT2D eigenvalue weighted by Gasteiger charge is 2.43. The summed E-state index contributed by atoms with van der Waals surface area (Å²) in [6.07, 6.45) is 0.524. The number of carbonyl (C=O) groups excluding carboxylic acids is 1. The van der Waals surface area contributed by atoms with Gasteiger partial charge in [0, 0.05) is 13.0 Å². The number of hydrogen-bond acceptors (Lipinski definition) is 3. The van der Waals surface area contributed by atoms with Gasteiger partial charge in [0.1, 0.15) is 5.72 Å². The molecule has 1 aliphatic heterocycles. The molecular formula is C12H24N2O2. The number of hydrogen-bond donors (Lipinski definition) is 1. The Kier molecular flexibility index (Phi) is 3.65. The molecule has 4 nitrogen and oxygen atoms in total. The molecule has 0 bridgehead atoms. The maximum Gasteiger partial charge on any atom is 0.225 e. The van der Waals surface area contributed by atoms with Crippen molar-refractivity contribution < 1.29 is 9.53 Å². The van der Waals surface area contributed by atoms with Crippen LogP contribution < -0.4 is 5.73 Å². The van der Waals surface area contributed by atoms with Crippen molar-refractivity contribution in [1.29, 1.82) is 0 Å². The van der Waals surface area contributed by atoms with Gasteiger partial charge in [-0.25, -0.2) is 0 Å². The van der Waals surface area contributed by atoms with Crippen molar-refractivity contribution in [2.24, 2.45) is 11.1 Å². The third-order valence-corrected chi connectivity index (χ3v) is 2.80. The largest absolute Gasteiger partial charge is 0.354 e. The van der Waals surface area contributed by atoms with Gasteiger partial charge in [0.25, 0.3) is 0 Å². The Morgan fingerprint density at radius 1 is 1.50 bits per heavy atom. The Labute approximate surface area is 98.1 Å². The quantitative estimate of drug-likeness (QED) is 0.776. The molecule has 4 heteroatoms. The van der Waals surface area contributed by atoms with E-state index in [1.165, 1.54) is 0 Å². The fourth-order valence-electron chi connectivity index (χ4n) is 2.10. The van der Waals surface area contributed by atoms with Crippen LogP contribution in [0.3, 0.4) is 0 Å². The minimum absolute atomic E-state index is 0.00506. The van der Waals surface area contributed by atoms with Crippen LogP contribution >= 0.6 is 0 Å². The summed E-state index contributed by atoms with van der Waals surface area (Å²) in [5.41, 5.74) is 5.15. The molecule has 1 unspecified atom stereocenters. The molecule has 1 aliphatic rings. The van der Waals surface area contributed by atoms with E-state index in [1.54, 1.807) is 4.90 Å². The average molecular weight is 228 g/mol. The van der Waals surface area contributed by atoms with Crippen LogP contribution in [0, 0.1) is 5.41 Å². The molecule has 16 heavy (non-hydrogen) atoms. The highest BCUT2D eigenvalue weighted by molar-refractivity contribution is 5.78. The first-order valence-electron chi connectivity index (χ1n) is 5.83. The van der Waals surface area contributed by atoms with Gasteiger partial charge in [0.05, 0.1) is 12.6 Å². The summed E-state index contributed by atoms with van der Waals surface area (Å²) in [6.45, 7) is 11.0. The van der Waals surface area contributed by atoms with Crippen LogP contribution in [0.4, 0.5) is 0 Å². The van der Waals surface area contributed by atoms with E-state index in [4.69, 9.17) is 10.5 Å². The lowest BCUT2D eigenvalue weighted by molar-refractivity contribution is -0.147. The monoisotopic (exact) mass is 228 g/mol. The minimum Gasteiger partial charge on any atom is -0.354 e. The minimum atomic E-state index is -0.521. The highest BCUT2D eigenvalue weighted by atomic mass is 16.5. The summed E-state index contributed by atoms with van der Waals surface area (Å²) in [6, 6.07) is 0.0184. The topological polar surface area (TPSA) is 55.6 Å². The fraction of sp³-hybridized carbons (Fsp3) is 0.917. The summed E-state index contributed by atoms with van der Waals surface area (Å²) < 4.78 is 5.62. The highest BCUT2D eigenvalue weighted by Crippen LogP contribution is 2.30. The molecule has 2 N–H and O–H groups in total. The number of ether oxygens (including phenoxy) is 1. The molecule has 1 heterocycles. The van der Waals surface area contributed by atoms with Gasteiger partial charge in [-0.15, -0.1) is 0 Å². The van der Waals surface area contributed by atoms with Crippen LogP contribution in [0.5, 0.6) is 0 Å². The fourth-order valence-corrected chi connectivity index (χ4v) is 2.10. The first-order chi connectivity index (χ1) is 7.17. The van der Waals surface area contributed by atoms with Gasteiger partial charge in [0.15, 0.2) is 0 Å². The molecule has 0 radical (unpaired) electrons. The lowest BCUT2D eigenvalue weighted by Crippen LogP contribution is -2.50. The van der Waals surface area contributed by atoms with Crippen molar-refractivity contribution >= 4 is 5.91 Å². The molecule has 94 valence electrons. The molecule has 0 aromatic heterocycles. The van der Waals surface area contributed by atoms with Crippen molar-refractivity contribution in [3.63, 3.8) is 0 Å². The van der Waals surface area contributed by atoms with E-state index < -0.39 is 5.72 Å². The van der Waals surface area contributed by atoms with Gasteiger partial charge >= 0.3 is 0 Å². The molecule has 0 aromatic rings. The normalized spacial score (nSPS) is 24.9. The van der Waals surface area contributed by atoms with Crippen LogP contribution in [-0.4, -0.2) is 35.7 Å². The number of nitrogens with two attached hydrogens (primary N) is 1. The van der Waals surface area contributed by atoms with Crippen molar-refractivity contribution in [1.82, 2.24) is 4.90 Å². The van der Waals surface area contributed by atoms with E-state index >= 15 is 0 Å². The van der Waals surface area contributed by atoms with E-state index in [-0.39, 0.29) is 17.4 Å². The Morgan fingerprint density at radius 3 is 2.50 bits per heavy atom. The molecule has 1 rings (SSSR count). The Morgan fingerprint density at radius 2 is 2.06 bits per heavy atom. The molecule has 0 aliphatic carbocycles. The molecule has 0 saturated carbocycles. The van der Waals surface area contributed by atoms with Crippen molar-refractivity contribution in [2.75, 3.05) is 13.2 Å². The van der Waals surface area contributed by atoms with E-state index in [1.807, 2.05) is 13.8 Å². The zero-order valence-corrected chi connectivity index (χ0v) is 11.0. The first kappa shape index (κ1) is 13.5. The third-order valence-electron chi connectivity index (χ3n) is 2.80. The molecule has 1 amide bonds. The van der Waals surface area contributed by atoms with Crippen LogP contribution in [-0.2, 0) is 9.53 Å². The number of rotatable bonds is 2. The van der Waals surface area contributed by atoms with Crippen LogP contribution in [0.2, 0.25) is 0 Å². The van der Waals surface area contributed by atoms with E-state index in [2.05, 4.69) is 20.8 Å². The second-order valence-corrected chi connectivity index (χ2v) is 6.15. The van der Waals surface area contributed by atoms with Gasteiger partial charge in [-0.3, -0.25) is 4.79 Å². The number of carbonyl (C=O) groups is 1. The van der Waals surface area contributed by atoms with Gasteiger partial charge in [-0.2, -0.15) is 0 Å². The van der Waals surface area contributed by atoms with Gasteiger partial charge < -0.3 is 15.4 Å². The van der Waals surface area contributed by atoms with Crippen molar-refractivity contribution in [2.45, 2.75) is 52.8 Å². The van der Waals surface area contributed by atoms with E-state index in [9.17, 15) is 4.79 Å². The van der Waals surface area contributed by atoms with Crippen molar-refractivity contribution in [3.05, 3.63) is 0 Å². The standard InChI is InChI=1S/C12H24N2O2/c1-11(2,3)6-10(15)14-9(7-13)8-16-12(14,4)5/h9H,6-8,13H2,1-5H3. The molecule has 0 aromatic carbocycles. The average Bonchev–Trinajstić information content (AvgIpc) is 2.37. The molecule has 1 atom stereocenters. The van der Waals surface area contributed by atoms with Crippen LogP contribution in [0.15, 0.2) is 0 Å². The van der Waals surface area contributed by atoms with Gasteiger partial charge in [0.2, 0.25) is 5.91 Å². The lowest BCUT2D eigenvalue weighted by atomic mass is 9.91. The second-order valence-electron chi connectivity index (χ2n) is 6.15. The van der Waals surface area contributed by atoms with Crippen molar-refractivity contribution in [3.8, 4) is 0 Å². The van der Waals surface area contributed by atoms with E-state index in [0.29, 0.717) is 19.6 Å². The zero-order chi connectivity index (χ0) is 12.6. The van der Waals surface area contributed by atoms with Crippen LogP contribution in [0.1, 0.15) is 41.0 Å². The molecule has 0 spiro atoms. The van der Waals surface area contributed by atoms with E-state index in [0.717, 1.165) is 0 Å². The molecule has 1 saturated heterocycles. The second kappa shape index (κ2) is 4.34. The zero-order valence-electron chi connectivity index (χ0n) is 11.0.